The second kappa shape index (κ2) is 8.65. The average Bonchev–Trinajstić information content (AvgIpc) is 3.16. The van der Waals surface area contributed by atoms with Crippen LogP contribution in [0.4, 0.5) is 0 Å². The molecule has 28 heavy (non-hydrogen) atoms. The second-order valence-electron chi connectivity index (χ2n) is 6.94. The molecule has 2 aromatic heterocycles. The van der Waals surface area contributed by atoms with E-state index in [-0.39, 0.29) is 12.0 Å². The number of hydrogen-bond acceptors (Lipinski definition) is 5. The van der Waals surface area contributed by atoms with E-state index in [0.29, 0.717) is 18.3 Å². The summed E-state index contributed by atoms with van der Waals surface area (Å²) in [6.45, 7) is 3.44. The number of carbonyl (C=O) groups is 1. The fourth-order valence-electron chi connectivity index (χ4n) is 3.39. The SMILES string of the molecule is CCc1cnc(OC2CCCN(C(=O)CSc3c[nH]c4ccccc34)C2)nc1. The average molecular weight is 397 g/mol. The number of rotatable bonds is 6. The molecule has 6 nitrogen and oxygen atoms in total. The predicted molar refractivity (Wildman–Crippen MR) is 111 cm³/mol. The lowest BCUT2D eigenvalue weighted by molar-refractivity contribution is -0.131. The van der Waals surface area contributed by atoms with E-state index in [1.54, 1.807) is 24.2 Å². The molecule has 146 valence electrons. The minimum atomic E-state index is -0.0525. The summed E-state index contributed by atoms with van der Waals surface area (Å²) in [5.74, 6) is 0.571. The quantitative estimate of drug-likeness (QED) is 0.644. The van der Waals surface area contributed by atoms with E-state index in [1.165, 1.54) is 0 Å². The summed E-state index contributed by atoms with van der Waals surface area (Å²) in [4.78, 5) is 27.5. The van der Waals surface area contributed by atoms with Crippen molar-refractivity contribution in [1.29, 1.82) is 0 Å². The van der Waals surface area contributed by atoms with Gasteiger partial charge in [-0.15, -0.1) is 11.8 Å². The van der Waals surface area contributed by atoms with E-state index in [0.717, 1.165) is 47.2 Å². The number of piperidine rings is 1. The van der Waals surface area contributed by atoms with Gasteiger partial charge in [-0.25, -0.2) is 9.97 Å². The van der Waals surface area contributed by atoms with E-state index < -0.39 is 0 Å². The van der Waals surface area contributed by atoms with Crippen molar-refractivity contribution in [3.63, 3.8) is 0 Å². The van der Waals surface area contributed by atoms with E-state index in [2.05, 4.69) is 27.9 Å². The van der Waals surface area contributed by atoms with E-state index in [9.17, 15) is 4.79 Å². The molecule has 1 N–H and O–H groups in total. The molecule has 1 amide bonds. The lowest BCUT2D eigenvalue weighted by Gasteiger charge is -2.32. The number of aromatic nitrogens is 3. The van der Waals surface area contributed by atoms with Crippen molar-refractivity contribution in [2.24, 2.45) is 0 Å². The maximum absolute atomic E-state index is 12.7. The summed E-state index contributed by atoms with van der Waals surface area (Å²) in [7, 11) is 0. The van der Waals surface area contributed by atoms with Crippen molar-refractivity contribution >= 4 is 28.6 Å². The molecule has 3 heterocycles. The Morgan fingerprint density at radius 1 is 1.32 bits per heavy atom. The molecule has 1 unspecified atom stereocenters. The van der Waals surface area contributed by atoms with Gasteiger partial charge in [0.05, 0.1) is 12.3 Å². The number of ether oxygens (including phenoxy) is 1. The Balaban J connectivity index is 1.32. The van der Waals surface area contributed by atoms with Crippen LogP contribution in [-0.2, 0) is 11.2 Å². The number of nitrogens with zero attached hydrogens (tertiary/aromatic N) is 3. The van der Waals surface area contributed by atoms with Crippen LogP contribution in [0.15, 0.2) is 47.8 Å². The maximum Gasteiger partial charge on any atom is 0.316 e. The zero-order valence-electron chi connectivity index (χ0n) is 15.9. The van der Waals surface area contributed by atoms with Gasteiger partial charge in [-0.1, -0.05) is 25.1 Å². The Labute approximate surface area is 168 Å². The minimum absolute atomic E-state index is 0.0525. The molecule has 1 aromatic carbocycles. The van der Waals surface area contributed by atoms with Gasteiger partial charge in [0.25, 0.3) is 0 Å². The molecule has 0 spiro atoms. The summed E-state index contributed by atoms with van der Waals surface area (Å²) < 4.78 is 5.92. The lowest BCUT2D eigenvalue weighted by atomic mass is 10.1. The first kappa shape index (κ1) is 18.8. The van der Waals surface area contributed by atoms with Gasteiger partial charge in [0.15, 0.2) is 0 Å². The van der Waals surface area contributed by atoms with Gasteiger partial charge in [0.1, 0.15) is 6.10 Å². The summed E-state index contributed by atoms with van der Waals surface area (Å²) in [6, 6.07) is 8.54. The van der Waals surface area contributed by atoms with Crippen molar-refractivity contribution in [3.8, 4) is 6.01 Å². The van der Waals surface area contributed by atoms with Crippen LogP contribution in [-0.4, -0.2) is 50.7 Å². The topological polar surface area (TPSA) is 71.1 Å². The first-order chi connectivity index (χ1) is 13.7. The molecule has 0 radical (unpaired) electrons. The largest absolute Gasteiger partial charge is 0.458 e. The number of para-hydroxylation sites is 1. The van der Waals surface area contributed by atoms with Crippen molar-refractivity contribution in [3.05, 3.63) is 48.4 Å². The highest BCUT2D eigenvalue weighted by Crippen LogP contribution is 2.28. The van der Waals surface area contributed by atoms with Crippen LogP contribution in [0.1, 0.15) is 25.3 Å². The van der Waals surface area contributed by atoms with Crippen LogP contribution in [0.3, 0.4) is 0 Å². The molecule has 7 heteroatoms. The van der Waals surface area contributed by atoms with Gasteiger partial charge in [0.2, 0.25) is 5.91 Å². The predicted octanol–water partition coefficient (Wildman–Crippen LogP) is 3.68. The first-order valence-electron chi connectivity index (χ1n) is 9.67. The minimum Gasteiger partial charge on any atom is -0.458 e. The number of aryl methyl sites for hydroxylation is 1. The third-order valence-electron chi connectivity index (χ3n) is 5.00. The van der Waals surface area contributed by atoms with Crippen LogP contribution >= 0.6 is 11.8 Å². The monoisotopic (exact) mass is 396 g/mol. The molecule has 0 bridgehead atoms. The molecular weight excluding hydrogens is 372 g/mol. The highest BCUT2D eigenvalue weighted by molar-refractivity contribution is 8.00. The highest BCUT2D eigenvalue weighted by Gasteiger charge is 2.25. The van der Waals surface area contributed by atoms with Crippen molar-refractivity contribution in [2.75, 3.05) is 18.8 Å². The maximum atomic E-state index is 12.7. The molecule has 0 aliphatic carbocycles. The molecule has 1 saturated heterocycles. The summed E-state index contributed by atoms with van der Waals surface area (Å²) >= 11 is 1.58. The van der Waals surface area contributed by atoms with E-state index in [1.807, 2.05) is 29.3 Å². The number of nitrogens with one attached hydrogen (secondary N) is 1. The zero-order chi connectivity index (χ0) is 19.3. The van der Waals surface area contributed by atoms with Crippen LogP contribution < -0.4 is 4.74 Å². The third kappa shape index (κ3) is 4.30. The van der Waals surface area contributed by atoms with Gasteiger partial charge in [-0.2, -0.15) is 0 Å². The highest BCUT2D eigenvalue weighted by atomic mass is 32.2. The molecule has 4 rings (SSSR count). The van der Waals surface area contributed by atoms with Crippen LogP contribution in [0.5, 0.6) is 6.01 Å². The van der Waals surface area contributed by atoms with Gasteiger partial charge < -0.3 is 14.6 Å². The van der Waals surface area contributed by atoms with E-state index in [4.69, 9.17) is 4.74 Å². The zero-order valence-corrected chi connectivity index (χ0v) is 16.7. The number of H-pyrrole nitrogens is 1. The molecule has 3 aromatic rings. The summed E-state index contributed by atoms with van der Waals surface area (Å²) in [5.41, 5.74) is 2.18. The number of amides is 1. The van der Waals surface area contributed by atoms with Crippen molar-refractivity contribution in [1.82, 2.24) is 19.9 Å². The van der Waals surface area contributed by atoms with Crippen molar-refractivity contribution < 1.29 is 9.53 Å². The molecule has 1 aliphatic rings. The van der Waals surface area contributed by atoms with E-state index >= 15 is 0 Å². The number of hydrogen-bond donors (Lipinski definition) is 1. The molecule has 1 fully saturated rings. The standard InChI is InChI=1S/C21H24N4O2S/c1-2-15-10-23-21(24-11-15)27-16-6-5-9-25(13-16)20(26)14-28-19-12-22-18-8-4-3-7-17(18)19/h3-4,7-8,10-12,16,22H,2,5-6,9,13-14H2,1H3. The number of likely N-dealkylation sites (tertiary alicyclic amines) is 1. The normalized spacial score (nSPS) is 17.0. The fourth-order valence-corrected chi connectivity index (χ4v) is 4.33. The second-order valence-corrected chi connectivity index (χ2v) is 7.95. The Morgan fingerprint density at radius 2 is 2.14 bits per heavy atom. The smallest absolute Gasteiger partial charge is 0.316 e. The fraction of sp³-hybridized carbons (Fsp3) is 0.381. The van der Waals surface area contributed by atoms with Crippen LogP contribution in [0.2, 0.25) is 0 Å². The van der Waals surface area contributed by atoms with Gasteiger partial charge in [-0.05, 0) is 30.9 Å². The lowest BCUT2D eigenvalue weighted by Crippen LogP contribution is -2.45. The van der Waals surface area contributed by atoms with Crippen LogP contribution in [0, 0.1) is 0 Å². The Morgan fingerprint density at radius 3 is 2.96 bits per heavy atom. The van der Waals surface area contributed by atoms with Crippen LogP contribution in [0.25, 0.3) is 10.9 Å². The van der Waals surface area contributed by atoms with Gasteiger partial charge >= 0.3 is 6.01 Å². The van der Waals surface area contributed by atoms with Gasteiger partial charge in [-0.3, -0.25) is 4.79 Å². The Kier molecular flexibility index (Phi) is 5.81. The molecule has 1 aliphatic heterocycles. The van der Waals surface area contributed by atoms with Gasteiger partial charge in [0, 0.05) is 40.9 Å². The number of fused-ring (bicyclic) bond motifs is 1. The Bertz CT molecular complexity index is 941. The first-order valence-corrected chi connectivity index (χ1v) is 10.7. The number of thioether (sulfide) groups is 1. The summed E-state index contributed by atoms with van der Waals surface area (Å²) in [5, 5.41) is 1.16. The number of aromatic amines is 1. The number of carbonyl (C=O) groups excluding carboxylic acids is 1. The number of benzene rings is 1. The molecule has 0 saturated carbocycles. The summed E-state index contributed by atoms with van der Waals surface area (Å²) in [6.07, 6.45) is 8.27. The molecule has 1 atom stereocenters. The third-order valence-corrected chi connectivity index (χ3v) is 6.04. The Hall–Kier alpha value is -2.54. The molecular formula is C21H24N4O2S. The van der Waals surface area contributed by atoms with Crippen molar-refractivity contribution in [2.45, 2.75) is 37.2 Å².